The minimum Gasteiger partial charge on any atom is -0.433 e. The van der Waals surface area contributed by atoms with Crippen molar-refractivity contribution in [2.75, 3.05) is 18.9 Å². The van der Waals surface area contributed by atoms with E-state index in [1.54, 1.807) is 6.92 Å². The minimum absolute atomic E-state index is 0.0905. The number of esters is 1. The quantitative estimate of drug-likeness (QED) is 0.383. The molecule has 5 atom stereocenters. The van der Waals surface area contributed by atoms with E-state index in [0.29, 0.717) is 5.69 Å². The second-order valence-corrected chi connectivity index (χ2v) is 8.31. The fourth-order valence-electron chi connectivity index (χ4n) is 3.78. The molecule has 0 bridgehead atoms. The topological polar surface area (TPSA) is 140 Å². The summed E-state index contributed by atoms with van der Waals surface area (Å²) < 4.78 is 24.5. The number of ether oxygens (including phenoxy) is 2. The number of nitrogens with zero attached hydrogens (tertiary/aromatic N) is 1. The Kier molecular flexibility index (Phi) is 7.75. The number of amides is 3. The van der Waals surface area contributed by atoms with Crippen LogP contribution in [-0.4, -0.2) is 72.3 Å². The molecular weight excluding hydrogens is 459 g/mol. The van der Waals surface area contributed by atoms with Crippen LogP contribution in [0.1, 0.15) is 37.0 Å². The largest absolute Gasteiger partial charge is 0.433 e. The van der Waals surface area contributed by atoms with Crippen molar-refractivity contribution >= 4 is 41.0 Å². The molecule has 10 nitrogen and oxygen atoms in total. The number of likely N-dealkylation sites (tertiary alicyclic amines) is 1. The standard InChI is InChI=1S/C21H26ClFN4O6/c1-3-32-21-15(8-17(28)33-21)26-19(30)16-7-12(23)9-27(16)20(31)10(2)25-18(29)11-4-5-14(24)13(22)6-11/h4-6,10,12,15-16,21H,3,7-9,24H2,1-2H3,(H,25,29)(H,26,30). The summed E-state index contributed by atoms with van der Waals surface area (Å²) in [7, 11) is 0. The molecule has 1 aromatic rings. The first-order valence-corrected chi connectivity index (χ1v) is 10.9. The van der Waals surface area contributed by atoms with Crippen molar-refractivity contribution in [2.24, 2.45) is 0 Å². The Balaban J connectivity index is 1.65. The number of nitrogen functional groups attached to an aromatic ring is 1. The molecule has 180 valence electrons. The first kappa shape index (κ1) is 24.7. The number of carbonyl (C=O) groups excluding carboxylic acids is 4. The molecule has 3 rings (SSSR count). The normalized spacial score (nSPS) is 25.5. The van der Waals surface area contributed by atoms with E-state index in [1.165, 1.54) is 25.1 Å². The van der Waals surface area contributed by atoms with Crippen molar-refractivity contribution in [3.8, 4) is 0 Å². The number of hydrogen-bond donors (Lipinski definition) is 3. The van der Waals surface area contributed by atoms with Crippen molar-refractivity contribution in [2.45, 2.75) is 57.3 Å². The number of nitrogens with two attached hydrogens (primary N) is 1. The van der Waals surface area contributed by atoms with Gasteiger partial charge in [-0.3, -0.25) is 19.2 Å². The van der Waals surface area contributed by atoms with E-state index < -0.39 is 54.3 Å². The molecule has 2 fully saturated rings. The van der Waals surface area contributed by atoms with Gasteiger partial charge in [-0.25, -0.2) is 4.39 Å². The zero-order valence-electron chi connectivity index (χ0n) is 18.2. The fourth-order valence-corrected chi connectivity index (χ4v) is 3.96. The second kappa shape index (κ2) is 10.3. The highest BCUT2D eigenvalue weighted by atomic mass is 35.5. The van der Waals surface area contributed by atoms with Gasteiger partial charge in [-0.15, -0.1) is 0 Å². The molecule has 0 spiro atoms. The molecule has 2 aliphatic rings. The zero-order valence-corrected chi connectivity index (χ0v) is 18.9. The third-order valence-corrected chi connectivity index (χ3v) is 5.77. The maximum absolute atomic E-state index is 14.2. The van der Waals surface area contributed by atoms with Crippen LogP contribution in [0.4, 0.5) is 10.1 Å². The molecule has 2 heterocycles. The first-order chi connectivity index (χ1) is 15.6. The molecule has 5 unspecified atom stereocenters. The molecule has 4 N–H and O–H groups in total. The minimum atomic E-state index is -1.41. The highest BCUT2D eigenvalue weighted by Gasteiger charge is 2.44. The van der Waals surface area contributed by atoms with Crippen LogP contribution in [0.15, 0.2) is 18.2 Å². The summed E-state index contributed by atoms with van der Waals surface area (Å²) >= 11 is 5.93. The molecule has 33 heavy (non-hydrogen) atoms. The van der Waals surface area contributed by atoms with Crippen molar-refractivity contribution in [3.63, 3.8) is 0 Å². The van der Waals surface area contributed by atoms with Gasteiger partial charge in [-0.2, -0.15) is 0 Å². The Labute approximate surface area is 194 Å². The van der Waals surface area contributed by atoms with Gasteiger partial charge in [0.25, 0.3) is 5.91 Å². The van der Waals surface area contributed by atoms with E-state index in [1.807, 2.05) is 0 Å². The molecule has 1 aromatic carbocycles. The summed E-state index contributed by atoms with van der Waals surface area (Å²) in [5, 5.41) is 5.35. The van der Waals surface area contributed by atoms with E-state index in [9.17, 15) is 23.6 Å². The molecule has 3 amide bonds. The lowest BCUT2D eigenvalue weighted by Crippen LogP contribution is -2.54. The summed E-state index contributed by atoms with van der Waals surface area (Å²) in [4.78, 5) is 51.0. The third kappa shape index (κ3) is 5.72. The summed E-state index contributed by atoms with van der Waals surface area (Å²) in [6, 6.07) is 1.40. The number of anilines is 1. The lowest BCUT2D eigenvalue weighted by atomic mass is 10.1. The number of cyclic esters (lactones) is 1. The smallest absolute Gasteiger partial charge is 0.310 e. The van der Waals surface area contributed by atoms with Gasteiger partial charge in [0.15, 0.2) is 0 Å². The molecule has 2 saturated heterocycles. The average Bonchev–Trinajstić information content (AvgIpc) is 3.31. The molecule has 12 heteroatoms. The van der Waals surface area contributed by atoms with E-state index in [-0.39, 0.29) is 36.6 Å². The average molecular weight is 485 g/mol. The highest BCUT2D eigenvalue weighted by molar-refractivity contribution is 6.33. The Morgan fingerprint density at radius 2 is 2.12 bits per heavy atom. The van der Waals surface area contributed by atoms with Crippen molar-refractivity contribution in [3.05, 3.63) is 28.8 Å². The number of hydrogen-bond acceptors (Lipinski definition) is 7. The van der Waals surface area contributed by atoms with E-state index in [0.717, 1.165) is 4.90 Å². The molecule has 0 saturated carbocycles. The lowest BCUT2D eigenvalue weighted by molar-refractivity contribution is -0.164. The number of rotatable bonds is 7. The van der Waals surface area contributed by atoms with Gasteiger partial charge in [-0.1, -0.05) is 11.6 Å². The molecule has 0 aliphatic carbocycles. The SMILES string of the molecule is CCOC1OC(=O)CC1NC(=O)C1CC(F)CN1C(=O)C(C)NC(=O)c1ccc(N)c(Cl)c1. The van der Waals surface area contributed by atoms with Crippen LogP contribution < -0.4 is 16.4 Å². The summed E-state index contributed by atoms with van der Waals surface area (Å²) in [6.07, 6.45) is -2.64. The van der Waals surface area contributed by atoms with Gasteiger partial charge in [0.2, 0.25) is 18.1 Å². The number of alkyl halides is 1. The first-order valence-electron chi connectivity index (χ1n) is 10.5. The molecule has 0 radical (unpaired) electrons. The molecular formula is C21H26ClFN4O6. The second-order valence-electron chi connectivity index (χ2n) is 7.90. The predicted octanol–water partition coefficient (Wildman–Crippen LogP) is 0.774. The summed E-state index contributed by atoms with van der Waals surface area (Å²) in [5.74, 6) is -2.35. The maximum Gasteiger partial charge on any atom is 0.310 e. The lowest BCUT2D eigenvalue weighted by Gasteiger charge is -2.28. The highest BCUT2D eigenvalue weighted by Crippen LogP contribution is 2.24. The monoisotopic (exact) mass is 484 g/mol. The fraction of sp³-hybridized carbons (Fsp3) is 0.524. The number of benzene rings is 1. The Morgan fingerprint density at radius 1 is 1.39 bits per heavy atom. The zero-order chi connectivity index (χ0) is 24.3. The summed E-state index contributed by atoms with van der Waals surface area (Å²) in [6.45, 7) is 3.12. The van der Waals surface area contributed by atoms with Gasteiger partial charge in [0.1, 0.15) is 24.3 Å². The van der Waals surface area contributed by atoms with Crippen molar-refractivity contribution in [1.29, 1.82) is 0 Å². The predicted molar refractivity (Wildman–Crippen MR) is 116 cm³/mol. The van der Waals surface area contributed by atoms with Crippen molar-refractivity contribution < 1.29 is 33.0 Å². The van der Waals surface area contributed by atoms with Gasteiger partial charge in [-0.05, 0) is 32.0 Å². The number of nitrogens with one attached hydrogen (secondary N) is 2. The molecule has 2 aliphatic heterocycles. The van der Waals surface area contributed by atoms with E-state index in [4.69, 9.17) is 26.8 Å². The third-order valence-electron chi connectivity index (χ3n) is 5.44. The van der Waals surface area contributed by atoms with Gasteiger partial charge < -0.3 is 30.7 Å². The van der Waals surface area contributed by atoms with E-state index >= 15 is 0 Å². The van der Waals surface area contributed by atoms with E-state index in [2.05, 4.69) is 10.6 Å². The Bertz CT molecular complexity index is 947. The van der Waals surface area contributed by atoms with Crippen LogP contribution in [0, 0.1) is 0 Å². The van der Waals surface area contributed by atoms with Crippen LogP contribution in [0.3, 0.4) is 0 Å². The summed E-state index contributed by atoms with van der Waals surface area (Å²) in [5.41, 5.74) is 6.14. The Hall–Kier alpha value is -2.92. The van der Waals surface area contributed by atoms with Crippen LogP contribution >= 0.6 is 11.6 Å². The van der Waals surface area contributed by atoms with Crippen LogP contribution in [-0.2, 0) is 23.9 Å². The Morgan fingerprint density at radius 3 is 2.79 bits per heavy atom. The maximum atomic E-state index is 14.2. The van der Waals surface area contributed by atoms with Gasteiger partial charge >= 0.3 is 5.97 Å². The van der Waals surface area contributed by atoms with Gasteiger partial charge in [0.05, 0.1) is 23.7 Å². The number of carbonyl (C=O) groups is 4. The van der Waals surface area contributed by atoms with Gasteiger partial charge in [0, 0.05) is 18.6 Å². The van der Waals surface area contributed by atoms with Crippen LogP contribution in [0.5, 0.6) is 0 Å². The van der Waals surface area contributed by atoms with Crippen LogP contribution in [0.25, 0.3) is 0 Å². The van der Waals surface area contributed by atoms with Crippen molar-refractivity contribution in [1.82, 2.24) is 15.5 Å². The number of halogens is 2. The van der Waals surface area contributed by atoms with Crippen LogP contribution in [0.2, 0.25) is 5.02 Å². The molecule has 0 aromatic heterocycles.